The molecule has 218 valence electrons. The normalized spacial score (nSPS) is 28.6. The van der Waals surface area contributed by atoms with Gasteiger partial charge in [0, 0.05) is 31.7 Å². The Labute approximate surface area is 266 Å². The minimum Gasteiger partial charge on any atom is -0.489 e. The van der Waals surface area contributed by atoms with Crippen molar-refractivity contribution in [2.24, 2.45) is 29.6 Å². The number of thiazole rings is 1. The van der Waals surface area contributed by atoms with Gasteiger partial charge in [-0.15, -0.1) is 11.8 Å². The zero-order chi connectivity index (χ0) is 29.6. The van der Waals surface area contributed by atoms with Crippen LogP contribution in [0.5, 0.6) is 5.75 Å². The van der Waals surface area contributed by atoms with Gasteiger partial charge in [0.05, 0.1) is 22.5 Å². The van der Waals surface area contributed by atoms with Gasteiger partial charge in [-0.05, 0) is 79.1 Å². The Balaban J connectivity index is 1.20. The Kier molecular flexibility index (Phi) is 6.56. The zero-order valence-electron chi connectivity index (χ0n) is 23.0. The third-order valence-electron chi connectivity index (χ3n) is 9.63. The van der Waals surface area contributed by atoms with Crippen LogP contribution in [0.1, 0.15) is 33.9 Å². The number of nitrogens with zero attached hydrogens (tertiary/aromatic N) is 1. The number of thioether (sulfide) groups is 1. The Bertz CT molecular complexity index is 1840. The first-order chi connectivity index (χ1) is 20.8. The molecule has 1 saturated heterocycles. The summed E-state index contributed by atoms with van der Waals surface area (Å²) in [5.74, 6) is -0.468. The van der Waals surface area contributed by atoms with Gasteiger partial charge in [0.1, 0.15) is 12.4 Å². The Morgan fingerprint density at radius 2 is 1.60 bits per heavy atom. The van der Waals surface area contributed by atoms with Crippen molar-refractivity contribution in [3.05, 3.63) is 108 Å². The van der Waals surface area contributed by atoms with E-state index in [0.29, 0.717) is 28.1 Å². The average Bonchev–Trinajstić information content (AvgIpc) is 3.73. The number of anilines is 1. The number of ether oxygens (including phenoxy) is 1. The molecule has 2 aliphatic carbocycles. The molecule has 2 saturated carbocycles. The minimum absolute atomic E-state index is 0.0134. The van der Waals surface area contributed by atoms with Gasteiger partial charge in [-0.2, -0.15) is 0 Å². The number of rotatable bonds is 5. The molecule has 0 radical (unpaired) electrons. The molecule has 7 atom stereocenters. The van der Waals surface area contributed by atoms with Crippen LogP contribution in [0.25, 0.3) is 0 Å². The summed E-state index contributed by atoms with van der Waals surface area (Å²) in [6.07, 6.45) is 0.805. The van der Waals surface area contributed by atoms with Crippen LogP contribution in [0.3, 0.4) is 0 Å². The van der Waals surface area contributed by atoms with Crippen molar-refractivity contribution in [3.63, 3.8) is 0 Å². The van der Waals surface area contributed by atoms with Gasteiger partial charge in [0.15, 0.2) is 0 Å². The molecule has 2 aliphatic heterocycles. The van der Waals surface area contributed by atoms with Gasteiger partial charge < -0.3 is 9.72 Å². The largest absolute Gasteiger partial charge is 0.489 e. The van der Waals surface area contributed by atoms with Crippen LogP contribution in [0.2, 0.25) is 10.0 Å². The summed E-state index contributed by atoms with van der Waals surface area (Å²) in [6, 6.07) is 20.8. The molecule has 5 unspecified atom stereocenters. The maximum Gasteiger partial charge on any atom is 0.305 e. The number of fused-ring (bicyclic) bond motifs is 9. The summed E-state index contributed by atoms with van der Waals surface area (Å²) in [5, 5.41) is 2.05. The molecule has 8 rings (SSSR count). The number of benzene rings is 3. The second-order valence-corrected chi connectivity index (χ2v) is 15.0. The number of carbonyl (C=O) groups excluding carboxylic acids is 2. The van der Waals surface area contributed by atoms with Gasteiger partial charge in [-0.1, -0.05) is 64.4 Å². The van der Waals surface area contributed by atoms with E-state index in [1.54, 1.807) is 36.0 Å². The monoisotopic (exact) mass is 648 g/mol. The highest BCUT2D eigenvalue weighted by Crippen LogP contribution is 2.69. The number of amides is 2. The fourth-order valence-corrected chi connectivity index (χ4v) is 11.1. The Hall–Kier alpha value is -3.04. The van der Waals surface area contributed by atoms with Crippen LogP contribution in [-0.2, 0) is 16.2 Å². The summed E-state index contributed by atoms with van der Waals surface area (Å²) in [6.45, 7) is 2.44. The average molecular weight is 650 g/mol. The van der Waals surface area contributed by atoms with Crippen LogP contribution in [-0.4, -0.2) is 22.0 Å². The second-order valence-electron chi connectivity index (χ2n) is 11.9. The predicted molar refractivity (Wildman–Crippen MR) is 169 cm³/mol. The first kappa shape index (κ1) is 27.5. The molecule has 10 heteroatoms. The molecule has 3 heterocycles. The lowest BCUT2D eigenvalue weighted by Crippen LogP contribution is -2.42. The molecular weight excluding hydrogens is 623 g/mol. The van der Waals surface area contributed by atoms with Gasteiger partial charge in [-0.3, -0.25) is 19.3 Å². The number of halogens is 2. The maximum atomic E-state index is 14.0. The lowest BCUT2D eigenvalue weighted by Gasteiger charge is -2.43. The molecule has 4 aliphatic rings. The molecule has 4 aromatic rings. The molecule has 43 heavy (non-hydrogen) atoms. The molecule has 6 nitrogen and oxygen atoms in total. The number of aryl methyl sites for hydroxylation is 1. The number of hydrogen-bond acceptors (Lipinski definition) is 6. The van der Waals surface area contributed by atoms with Gasteiger partial charge in [0.25, 0.3) is 0 Å². The fourth-order valence-electron chi connectivity index (χ4n) is 7.95. The second kappa shape index (κ2) is 10.3. The minimum atomic E-state index is -0.397. The first-order valence-electron chi connectivity index (χ1n) is 14.3. The van der Waals surface area contributed by atoms with Crippen LogP contribution in [0.4, 0.5) is 5.69 Å². The molecular formula is C33H26Cl2N2O4S2. The highest BCUT2D eigenvalue weighted by Gasteiger charge is 2.69. The third kappa shape index (κ3) is 4.32. The summed E-state index contributed by atoms with van der Waals surface area (Å²) in [5.41, 5.74) is 3.71. The smallest absolute Gasteiger partial charge is 0.305 e. The molecule has 2 amide bonds. The molecule has 3 fully saturated rings. The van der Waals surface area contributed by atoms with Crippen LogP contribution >= 0.6 is 46.3 Å². The number of hydrogen-bond donors (Lipinski definition) is 1. The van der Waals surface area contributed by atoms with Crippen LogP contribution in [0.15, 0.2) is 76.6 Å². The summed E-state index contributed by atoms with van der Waals surface area (Å²) in [4.78, 5) is 45.9. The topological polar surface area (TPSA) is 79.5 Å². The maximum absolute atomic E-state index is 14.0. The summed E-state index contributed by atoms with van der Waals surface area (Å²) < 4.78 is 6.44. The van der Waals surface area contributed by atoms with E-state index in [0.717, 1.165) is 27.5 Å². The van der Waals surface area contributed by atoms with Crippen molar-refractivity contribution in [2.45, 2.75) is 36.1 Å². The van der Waals surface area contributed by atoms with E-state index in [-0.39, 0.29) is 51.5 Å². The van der Waals surface area contributed by atoms with Crippen LogP contribution < -0.4 is 14.5 Å². The van der Waals surface area contributed by atoms with Crippen molar-refractivity contribution in [1.82, 2.24) is 4.98 Å². The van der Waals surface area contributed by atoms with Crippen molar-refractivity contribution in [1.29, 1.82) is 0 Å². The van der Waals surface area contributed by atoms with Gasteiger partial charge in [-0.25, -0.2) is 0 Å². The SMILES string of the molecule is Cc1ccc(COc2ccc(Cl)cc2C2c3sc(=O)[nH]c3SC3C2[C@H]2C[C@@H]3C3C(=O)N(c4ccc(Cl)cc4)C(=O)C32)cc1. The van der Waals surface area contributed by atoms with Crippen molar-refractivity contribution >= 4 is 63.8 Å². The summed E-state index contributed by atoms with van der Waals surface area (Å²) in [7, 11) is 0. The van der Waals surface area contributed by atoms with Crippen LogP contribution in [0, 0.1) is 36.5 Å². The van der Waals surface area contributed by atoms with Crippen molar-refractivity contribution < 1.29 is 14.3 Å². The molecule has 0 spiro atoms. The number of nitrogens with one attached hydrogen (secondary N) is 1. The summed E-state index contributed by atoms with van der Waals surface area (Å²) >= 11 is 15.6. The molecule has 1 aromatic heterocycles. The third-order valence-corrected chi connectivity index (χ3v) is 12.7. The quantitative estimate of drug-likeness (QED) is 0.230. The van der Waals surface area contributed by atoms with Gasteiger partial charge in [0.2, 0.25) is 11.8 Å². The molecule has 1 N–H and O–H groups in total. The van der Waals surface area contributed by atoms with Crippen molar-refractivity contribution in [3.8, 4) is 5.75 Å². The van der Waals surface area contributed by atoms with Gasteiger partial charge >= 0.3 is 4.87 Å². The predicted octanol–water partition coefficient (Wildman–Crippen LogP) is 7.31. The van der Waals surface area contributed by atoms with E-state index in [2.05, 4.69) is 36.2 Å². The Morgan fingerprint density at radius 3 is 2.35 bits per heavy atom. The number of aromatic nitrogens is 1. The lowest BCUT2D eigenvalue weighted by molar-refractivity contribution is -0.123. The number of imide groups is 1. The fraction of sp³-hybridized carbons (Fsp3) is 0.303. The highest BCUT2D eigenvalue weighted by molar-refractivity contribution is 8.00. The number of carbonyl (C=O) groups is 2. The van der Waals surface area contributed by atoms with Crippen molar-refractivity contribution in [2.75, 3.05) is 4.90 Å². The van der Waals surface area contributed by atoms with E-state index in [4.69, 9.17) is 27.9 Å². The molecule has 3 aromatic carbocycles. The lowest BCUT2D eigenvalue weighted by atomic mass is 9.68. The number of aromatic amines is 1. The number of H-pyrrole nitrogens is 1. The highest BCUT2D eigenvalue weighted by atomic mass is 35.5. The van der Waals surface area contributed by atoms with E-state index >= 15 is 0 Å². The van der Waals surface area contributed by atoms with E-state index in [1.807, 2.05) is 18.2 Å². The first-order valence-corrected chi connectivity index (χ1v) is 16.7. The van der Waals surface area contributed by atoms with E-state index in [1.165, 1.54) is 21.8 Å². The molecule has 2 bridgehead atoms. The standard InChI is InChI=1S/C33H26Cl2N2O4S2/c1-15-2-4-16(5-3-15)14-41-23-11-8-18(35)12-20(23)24-25-21-13-22(28(25)42-30-29(24)43-33(40)36-30)27-26(21)31(38)37(32(27)39)19-9-6-17(34)7-10-19/h2-12,21-22,24-28H,13-14H2,1H3,(H,36,40)/t21-,22-,24?,25?,26?,27?,28?/m1/s1. The Morgan fingerprint density at radius 1 is 0.907 bits per heavy atom. The van der Waals surface area contributed by atoms with E-state index in [9.17, 15) is 14.4 Å². The zero-order valence-corrected chi connectivity index (χ0v) is 26.1. The van der Waals surface area contributed by atoms with E-state index < -0.39 is 5.92 Å².